The Morgan fingerprint density at radius 2 is 1.29 bits per heavy atom. The average molecular weight is 244 g/mol. The van der Waals surface area contributed by atoms with Gasteiger partial charge in [0.15, 0.2) is 5.41 Å². The Labute approximate surface area is 103 Å². The smallest absolute Gasteiger partial charge is 0.321 e. The number of hydrogen-bond donors (Lipinski definition) is 2. The third-order valence-corrected chi connectivity index (χ3v) is 4.25. The highest BCUT2D eigenvalue weighted by molar-refractivity contribution is 5.99. The third-order valence-electron chi connectivity index (χ3n) is 4.25. The van der Waals surface area contributed by atoms with Crippen molar-refractivity contribution in [3.05, 3.63) is 0 Å². The molecule has 4 heteroatoms. The first kappa shape index (κ1) is 15.9. The highest BCUT2D eigenvalue weighted by Gasteiger charge is 2.58. The fourth-order valence-corrected chi connectivity index (χ4v) is 3.12. The van der Waals surface area contributed by atoms with Crippen molar-refractivity contribution in [1.29, 1.82) is 0 Å². The van der Waals surface area contributed by atoms with E-state index < -0.39 is 22.8 Å². The summed E-state index contributed by atoms with van der Waals surface area (Å²) in [5, 5.41) is 18.9. The summed E-state index contributed by atoms with van der Waals surface area (Å²) in [4.78, 5) is 23.1. The molecule has 0 fully saturated rings. The normalized spacial score (nSPS) is 12.5. The molecule has 0 aromatic heterocycles. The zero-order valence-corrected chi connectivity index (χ0v) is 11.2. The van der Waals surface area contributed by atoms with E-state index in [4.69, 9.17) is 0 Å². The van der Waals surface area contributed by atoms with Gasteiger partial charge in [-0.15, -0.1) is 0 Å². The van der Waals surface area contributed by atoms with Crippen LogP contribution in [0.2, 0.25) is 0 Å². The Balaban J connectivity index is 5.83. The van der Waals surface area contributed by atoms with E-state index >= 15 is 0 Å². The van der Waals surface area contributed by atoms with Crippen LogP contribution in [0, 0.1) is 10.8 Å². The number of aliphatic carboxylic acids is 2. The zero-order valence-electron chi connectivity index (χ0n) is 11.2. The molecule has 17 heavy (non-hydrogen) atoms. The van der Waals surface area contributed by atoms with Crippen LogP contribution in [-0.2, 0) is 9.59 Å². The SMILES string of the molecule is CCCC(CC)(CC)C(CC)(C(=O)O)C(=O)O. The van der Waals surface area contributed by atoms with Gasteiger partial charge in [-0.25, -0.2) is 0 Å². The molecular formula is C13H24O4. The summed E-state index contributed by atoms with van der Waals surface area (Å²) in [6, 6.07) is 0. The van der Waals surface area contributed by atoms with Gasteiger partial charge in [-0.3, -0.25) is 9.59 Å². The van der Waals surface area contributed by atoms with E-state index in [1.165, 1.54) is 0 Å². The predicted octanol–water partition coefficient (Wildman–Crippen LogP) is 3.16. The van der Waals surface area contributed by atoms with Gasteiger partial charge in [0.25, 0.3) is 0 Å². The van der Waals surface area contributed by atoms with Gasteiger partial charge in [0.05, 0.1) is 0 Å². The molecule has 0 saturated heterocycles. The van der Waals surface area contributed by atoms with Crippen LogP contribution in [0.5, 0.6) is 0 Å². The van der Waals surface area contributed by atoms with Crippen molar-refractivity contribution in [2.24, 2.45) is 10.8 Å². The lowest BCUT2D eigenvalue weighted by molar-refractivity contribution is -0.178. The van der Waals surface area contributed by atoms with Crippen LogP contribution in [0.3, 0.4) is 0 Å². The molecule has 0 heterocycles. The van der Waals surface area contributed by atoms with Crippen molar-refractivity contribution < 1.29 is 19.8 Å². The molecule has 0 amide bonds. The largest absolute Gasteiger partial charge is 0.480 e. The van der Waals surface area contributed by atoms with Gasteiger partial charge in [0.2, 0.25) is 0 Å². The quantitative estimate of drug-likeness (QED) is 0.643. The van der Waals surface area contributed by atoms with Crippen molar-refractivity contribution in [2.45, 2.75) is 59.8 Å². The van der Waals surface area contributed by atoms with Crippen LogP contribution in [0.25, 0.3) is 0 Å². The standard InChI is InChI=1S/C13H24O4/c1-5-9-12(6-2,7-3)13(8-4,10(14)15)11(16)17/h5-9H2,1-4H3,(H,14,15)(H,16,17). The molecule has 0 aliphatic heterocycles. The molecule has 0 spiro atoms. The number of rotatable bonds is 8. The maximum atomic E-state index is 11.6. The Morgan fingerprint density at radius 3 is 1.47 bits per heavy atom. The van der Waals surface area contributed by atoms with Crippen LogP contribution in [0.15, 0.2) is 0 Å². The Morgan fingerprint density at radius 1 is 0.882 bits per heavy atom. The summed E-state index contributed by atoms with van der Waals surface area (Å²) in [5.74, 6) is -2.41. The van der Waals surface area contributed by atoms with Crippen molar-refractivity contribution in [3.63, 3.8) is 0 Å². The monoisotopic (exact) mass is 244 g/mol. The molecule has 0 unspecified atom stereocenters. The highest BCUT2D eigenvalue weighted by atomic mass is 16.4. The van der Waals surface area contributed by atoms with E-state index in [1.54, 1.807) is 6.92 Å². The first-order valence-corrected chi connectivity index (χ1v) is 6.35. The van der Waals surface area contributed by atoms with E-state index in [2.05, 4.69) is 0 Å². The fourth-order valence-electron chi connectivity index (χ4n) is 3.12. The molecule has 0 aromatic rings. The van der Waals surface area contributed by atoms with E-state index in [9.17, 15) is 19.8 Å². The van der Waals surface area contributed by atoms with Gasteiger partial charge >= 0.3 is 11.9 Å². The summed E-state index contributed by atoms with van der Waals surface area (Å²) in [5.41, 5.74) is -2.32. The van der Waals surface area contributed by atoms with Crippen LogP contribution in [0.4, 0.5) is 0 Å². The molecule has 4 nitrogen and oxygen atoms in total. The minimum absolute atomic E-state index is 0.124. The van der Waals surface area contributed by atoms with Gasteiger partial charge in [-0.2, -0.15) is 0 Å². The summed E-state index contributed by atoms with van der Waals surface area (Å²) in [7, 11) is 0. The van der Waals surface area contributed by atoms with Crippen molar-refractivity contribution in [2.75, 3.05) is 0 Å². The third kappa shape index (κ3) is 2.31. The molecule has 0 aliphatic carbocycles. The maximum absolute atomic E-state index is 11.6. The topological polar surface area (TPSA) is 74.6 Å². The second kappa shape index (κ2) is 6.03. The van der Waals surface area contributed by atoms with Crippen LogP contribution < -0.4 is 0 Å². The second-order valence-electron chi connectivity index (χ2n) is 4.61. The molecular weight excluding hydrogens is 220 g/mol. The molecule has 0 rings (SSSR count). The molecule has 0 bridgehead atoms. The number of hydrogen-bond acceptors (Lipinski definition) is 2. The van der Waals surface area contributed by atoms with Crippen LogP contribution >= 0.6 is 0 Å². The lowest BCUT2D eigenvalue weighted by Gasteiger charge is -2.44. The summed E-state index contributed by atoms with van der Waals surface area (Å²) in [6.07, 6.45) is 2.70. The summed E-state index contributed by atoms with van der Waals surface area (Å²) >= 11 is 0. The van der Waals surface area contributed by atoms with Crippen molar-refractivity contribution in [3.8, 4) is 0 Å². The van der Waals surface area contributed by atoms with Gasteiger partial charge in [0, 0.05) is 0 Å². The van der Waals surface area contributed by atoms with Crippen molar-refractivity contribution >= 4 is 11.9 Å². The molecule has 0 atom stereocenters. The van der Waals surface area contributed by atoms with E-state index in [-0.39, 0.29) is 6.42 Å². The lowest BCUT2D eigenvalue weighted by atomic mass is 9.57. The lowest BCUT2D eigenvalue weighted by Crippen LogP contribution is -2.52. The minimum atomic E-state index is -1.66. The molecule has 0 saturated carbocycles. The fraction of sp³-hybridized carbons (Fsp3) is 0.846. The highest BCUT2D eigenvalue weighted by Crippen LogP contribution is 2.51. The Bertz CT molecular complexity index is 265. The molecule has 100 valence electrons. The second-order valence-corrected chi connectivity index (χ2v) is 4.61. The summed E-state index contributed by atoms with van der Waals surface area (Å²) in [6.45, 7) is 7.38. The van der Waals surface area contributed by atoms with E-state index in [1.807, 2.05) is 20.8 Å². The first-order chi connectivity index (χ1) is 7.88. The van der Waals surface area contributed by atoms with E-state index in [0.29, 0.717) is 19.3 Å². The van der Waals surface area contributed by atoms with E-state index in [0.717, 1.165) is 6.42 Å². The van der Waals surface area contributed by atoms with Gasteiger partial charge in [-0.05, 0) is 31.1 Å². The summed E-state index contributed by atoms with van der Waals surface area (Å²) < 4.78 is 0. The molecule has 0 aromatic carbocycles. The van der Waals surface area contributed by atoms with Crippen LogP contribution in [0.1, 0.15) is 59.8 Å². The van der Waals surface area contributed by atoms with Gasteiger partial charge in [-0.1, -0.05) is 34.1 Å². The minimum Gasteiger partial charge on any atom is -0.480 e. The molecule has 2 N–H and O–H groups in total. The average Bonchev–Trinajstić information content (AvgIpc) is 2.28. The van der Waals surface area contributed by atoms with Gasteiger partial charge in [0.1, 0.15) is 0 Å². The van der Waals surface area contributed by atoms with Crippen LogP contribution in [-0.4, -0.2) is 22.2 Å². The maximum Gasteiger partial charge on any atom is 0.321 e. The first-order valence-electron chi connectivity index (χ1n) is 6.35. The Hall–Kier alpha value is -1.06. The van der Waals surface area contributed by atoms with Crippen molar-refractivity contribution in [1.82, 2.24) is 0 Å². The number of carbonyl (C=O) groups is 2. The predicted molar refractivity (Wildman–Crippen MR) is 65.9 cm³/mol. The van der Waals surface area contributed by atoms with Gasteiger partial charge < -0.3 is 10.2 Å². The zero-order chi connectivity index (χ0) is 13.7. The Kier molecular flexibility index (Phi) is 5.66. The number of carboxylic acid groups (broad SMARTS) is 2. The molecule has 0 radical (unpaired) electrons. The molecule has 0 aliphatic rings. The number of carboxylic acids is 2.